The molecule has 6 nitrogen and oxygen atoms in total. The lowest BCUT2D eigenvalue weighted by Crippen LogP contribution is -2.49. The topological polar surface area (TPSA) is 75.7 Å². The van der Waals surface area contributed by atoms with E-state index in [1.807, 2.05) is 33.8 Å². The third-order valence-electron chi connectivity index (χ3n) is 4.19. The highest BCUT2D eigenvalue weighted by Gasteiger charge is 2.35. The molecule has 1 unspecified atom stereocenters. The molecule has 1 saturated heterocycles. The van der Waals surface area contributed by atoms with Crippen molar-refractivity contribution in [1.82, 2.24) is 9.62 Å². The molecular formula is C18H28N2O4S. The standard InChI is InChI=1S/C18H28N2O4S/c1-13-8-9-15(24-5)16(11-13)25(22,23)20-10-6-7-14(12-20)17(21)19-18(2,3)4/h8-9,11,14H,6-7,10,12H2,1-5H3,(H,19,21). The van der Waals surface area contributed by atoms with Crippen molar-refractivity contribution in [3.8, 4) is 5.75 Å². The highest BCUT2D eigenvalue weighted by atomic mass is 32.2. The fraction of sp³-hybridized carbons (Fsp3) is 0.611. The summed E-state index contributed by atoms with van der Waals surface area (Å²) < 4.78 is 32.8. The lowest BCUT2D eigenvalue weighted by molar-refractivity contribution is -0.127. The summed E-state index contributed by atoms with van der Waals surface area (Å²) in [5, 5.41) is 2.95. The predicted octanol–water partition coefficient (Wildman–Crippen LogP) is 2.32. The molecule has 1 atom stereocenters. The summed E-state index contributed by atoms with van der Waals surface area (Å²) in [4.78, 5) is 12.6. The van der Waals surface area contributed by atoms with E-state index in [9.17, 15) is 13.2 Å². The van der Waals surface area contributed by atoms with Crippen molar-refractivity contribution < 1.29 is 17.9 Å². The van der Waals surface area contributed by atoms with E-state index in [2.05, 4.69) is 5.32 Å². The van der Waals surface area contributed by atoms with Crippen LogP contribution >= 0.6 is 0 Å². The first-order valence-corrected chi connectivity index (χ1v) is 9.95. The van der Waals surface area contributed by atoms with Gasteiger partial charge < -0.3 is 10.1 Å². The maximum atomic E-state index is 13.1. The first-order chi connectivity index (χ1) is 11.5. The third kappa shape index (κ3) is 4.73. The van der Waals surface area contributed by atoms with Crippen LogP contribution in [0.2, 0.25) is 0 Å². The lowest BCUT2D eigenvalue weighted by atomic mass is 9.97. The molecule has 25 heavy (non-hydrogen) atoms. The molecule has 0 spiro atoms. The fourth-order valence-corrected chi connectivity index (χ4v) is 4.74. The van der Waals surface area contributed by atoms with Crippen LogP contribution in [-0.4, -0.2) is 44.4 Å². The Morgan fingerprint density at radius 2 is 2.00 bits per heavy atom. The van der Waals surface area contributed by atoms with Crippen LogP contribution in [-0.2, 0) is 14.8 Å². The van der Waals surface area contributed by atoms with Crippen LogP contribution in [0.4, 0.5) is 0 Å². The number of carbonyl (C=O) groups excluding carboxylic acids is 1. The van der Waals surface area contributed by atoms with Gasteiger partial charge in [0.25, 0.3) is 0 Å². The monoisotopic (exact) mass is 368 g/mol. The maximum Gasteiger partial charge on any atom is 0.246 e. The van der Waals surface area contributed by atoms with Crippen molar-refractivity contribution in [1.29, 1.82) is 0 Å². The molecule has 1 N–H and O–H groups in total. The summed E-state index contributed by atoms with van der Waals surface area (Å²) in [6.07, 6.45) is 1.36. The summed E-state index contributed by atoms with van der Waals surface area (Å²) in [7, 11) is -2.25. The number of benzene rings is 1. The van der Waals surface area contributed by atoms with E-state index in [4.69, 9.17) is 4.74 Å². The summed E-state index contributed by atoms with van der Waals surface area (Å²) in [5.41, 5.74) is 0.510. The second kappa shape index (κ2) is 7.33. The van der Waals surface area contributed by atoms with Crippen LogP contribution in [0.3, 0.4) is 0 Å². The zero-order valence-electron chi connectivity index (χ0n) is 15.6. The number of hydrogen-bond acceptors (Lipinski definition) is 4. The Morgan fingerprint density at radius 3 is 2.60 bits per heavy atom. The van der Waals surface area contributed by atoms with Gasteiger partial charge in [-0.15, -0.1) is 0 Å². The van der Waals surface area contributed by atoms with Crippen molar-refractivity contribution >= 4 is 15.9 Å². The number of rotatable bonds is 4. The Kier molecular flexibility index (Phi) is 5.79. The predicted molar refractivity (Wildman–Crippen MR) is 97.1 cm³/mol. The number of ether oxygens (including phenoxy) is 1. The second-order valence-electron chi connectivity index (χ2n) is 7.60. The van der Waals surface area contributed by atoms with E-state index >= 15 is 0 Å². The van der Waals surface area contributed by atoms with Crippen LogP contribution in [0.25, 0.3) is 0 Å². The molecule has 0 saturated carbocycles. The largest absolute Gasteiger partial charge is 0.495 e. The van der Waals surface area contributed by atoms with Crippen molar-refractivity contribution in [3.63, 3.8) is 0 Å². The Balaban J connectivity index is 2.25. The fourth-order valence-electron chi connectivity index (χ4n) is 2.97. The third-order valence-corrected chi connectivity index (χ3v) is 6.08. The zero-order valence-corrected chi connectivity index (χ0v) is 16.4. The minimum absolute atomic E-state index is 0.0939. The van der Waals surface area contributed by atoms with Gasteiger partial charge in [-0.1, -0.05) is 6.07 Å². The number of piperidine rings is 1. The Bertz CT molecular complexity index is 738. The lowest BCUT2D eigenvalue weighted by Gasteiger charge is -2.33. The number of nitrogens with one attached hydrogen (secondary N) is 1. The van der Waals surface area contributed by atoms with Gasteiger partial charge in [-0.25, -0.2) is 8.42 Å². The van der Waals surface area contributed by atoms with E-state index < -0.39 is 10.0 Å². The van der Waals surface area contributed by atoms with Gasteiger partial charge in [0, 0.05) is 18.6 Å². The summed E-state index contributed by atoms with van der Waals surface area (Å²) in [6, 6.07) is 5.09. The van der Waals surface area contributed by atoms with Gasteiger partial charge in [0.2, 0.25) is 15.9 Å². The summed E-state index contributed by atoms with van der Waals surface area (Å²) in [5.74, 6) is -0.103. The van der Waals surface area contributed by atoms with Gasteiger partial charge >= 0.3 is 0 Å². The molecule has 7 heteroatoms. The molecule has 1 fully saturated rings. The van der Waals surface area contributed by atoms with Crippen molar-refractivity contribution in [2.75, 3.05) is 20.2 Å². The summed E-state index contributed by atoms with van der Waals surface area (Å²) >= 11 is 0. The number of methoxy groups -OCH3 is 1. The van der Waals surface area contributed by atoms with E-state index in [-0.39, 0.29) is 28.8 Å². The number of nitrogens with zero attached hydrogens (tertiary/aromatic N) is 1. The summed E-state index contributed by atoms with van der Waals surface area (Å²) in [6.45, 7) is 8.20. The van der Waals surface area contributed by atoms with Crippen LogP contribution in [0.15, 0.2) is 23.1 Å². The minimum Gasteiger partial charge on any atom is -0.495 e. The molecule has 0 bridgehead atoms. The molecule has 1 aliphatic rings. The van der Waals surface area contributed by atoms with E-state index in [1.54, 1.807) is 12.1 Å². The number of sulfonamides is 1. The Labute approximate surface area is 150 Å². The normalized spacial score (nSPS) is 19.5. The molecule has 1 amide bonds. The van der Waals surface area contributed by atoms with Gasteiger partial charge in [-0.3, -0.25) is 4.79 Å². The molecule has 1 aliphatic heterocycles. The van der Waals surface area contributed by atoms with Gasteiger partial charge in [0.15, 0.2) is 0 Å². The van der Waals surface area contributed by atoms with Gasteiger partial charge in [0.05, 0.1) is 13.0 Å². The van der Waals surface area contributed by atoms with Crippen LogP contribution in [0.1, 0.15) is 39.2 Å². The maximum absolute atomic E-state index is 13.1. The van der Waals surface area contributed by atoms with Gasteiger partial charge in [-0.05, 0) is 58.2 Å². The van der Waals surface area contributed by atoms with Crippen molar-refractivity contribution in [3.05, 3.63) is 23.8 Å². The SMILES string of the molecule is COc1ccc(C)cc1S(=O)(=O)N1CCCC(C(=O)NC(C)(C)C)C1. The number of aryl methyl sites for hydroxylation is 1. The first-order valence-electron chi connectivity index (χ1n) is 8.51. The molecule has 0 radical (unpaired) electrons. The van der Waals surface area contributed by atoms with Crippen molar-refractivity contribution in [2.45, 2.75) is 51.0 Å². The second-order valence-corrected chi connectivity index (χ2v) is 9.50. The zero-order chi connectivity index (χ0) is 18.8. The van der Waals surface area contributed by atoms with Gasteiger partial charge in [-0.2, -0.15) is 4.31 Å². The van der Waals surface area contributed by atoms with Crippen LogP contribution < -0.4 is 10.1 Å². The number of amides is 1. The number of hydrogen-bond donors (Lipinski definition) is 1. The van der Waals surface area contributed by atoms with Crippen LogP contribution in [0, 0.1) is 12.8 Å². The smallest absolute Gasteiger partial charge is 0.246 e. The molecule has 1 aromatic carbocycles. The van der Waals surface area contributed by atoms with E-state index in [0.29, 0.717) is 25.1 Å². The van der Waals surface area contributed by atoms with E-state index in [0.717, 1.165) is 5.56 Å². The average molecular weight is 368 g/mol. The molecule has 140 valence electrons. The first kappa shape index (κ1) is 19.7. The van der Waals surface area contributed by atoms with E-state index in [1.165, 1.54) is 11.4 Å². The quantitative estimate of drug-likeness (QED) is 0.885. The molecule has 1 aromatic rings. The molecule has 0 aromatic heterocycles. The van der Waals surface area contributed by atoms with Crippen molar-refractivity contribution in [2.24, 2.45) is 5.92 Å². The Morgan fingerprint density at radius 1 is 1.32 bits per heavy atom. The molecule has 1 heterocycles. The Hall–Kier alpha value is -1.60. The van der Waals surface area contributed by atoms with Crippen LogP contribution in [0.5, 0.6) is 5.75 Å². The highest BCUT2D eigenvalue weighted by molar-refractivity contribution is 7.89. The molecule has 0 aliphatic carbocycles. The average Bonchev–Trinajstić information content (AvgIpc) is 2.53. The molecular weight excluding hydrogens is 340 g/mol. The minimum atomic E-state index is -3.71. The molecule has 2 rings (SSSR count). The van der Waals surface area contributed by atoms with Gasteiger partial charge in [0.1, 0.15) is 10.6 Å². The number of carbonyl (C=O) groups is 1. The highest BCUT2D eigenvalue weighted by Crippen LogP contribution is 2.30.